The molecule has 0 saturated carbocycles. The monoisotopic (exact) mass is 356 g/mol. The maximum Gasteiger partial charge on any atom is 0.319 e. The molecule has 2 aromatic heterocycles. The summed E-state index contributed by atoms with van der Waals surface area (Å²) in [6, 6.07) is 11.0. The van der Waals surface area contributed by atoms with Crippen molar-refractivity contribution in [1.82, 2.24) is 15.5 Å². The third-order valence-electron chi connectivity index (χ3n) is 3.48. The van der Waals surface area contributed by atoms with Crippen LogP contribution < -0.4 is 15.4 Å². The SMILES string of the molecule is Cc1ccc(NC(=O)NCCOc2ccc(-c3ccco3)nn2)cc1F. The Morgan fingerprint density at radius 1 is 1.23 bits per heavy atom. The van der Waals surface area contributed by atoms with Crippen LogP contribution in [-0.2, 0) is 0 Å². The highest BCUT2D eigenvalue weighted by Gasteiger charge is 2.06. The Labute approximate surface area is 149 Å². The van der Waals surface area contributed by atoms with Gasteiger partial charge in [0.25, 0.3) is 0 Å². The number of ether oxygens (including phenoxy) is 1. The molecule has 0 aliphatic heterocycles. The van der Waals surface area contributed by atoms with Crippen LogP contribution in [-0.4, -0.2) is 29.4 Å². The van der Waals surface area contributed by atoms with Crippen molar-refractivity contribution in [2.24, 2.45) is 0 Å². The topological polar surface area (TPSA) is 89.3 Å². The van der Waals surface area contributed by atoms with Crippen molar-refractivity contribution >= 4 is 11.7 Å². The lowest BCUT2D eigenvalue weighted by atomic mass is 10.2. The number of aryl methyl sites for hydroxylation is 1. The number of hydrogen-bond acceptors (Lipinski definition) is 5. The van der Waals surface area contributed by atoms with E-state index in [2.05, 4.69) is 20.8 Å². The number of urea groups is 1. The van der Waals surface area contributed by atoms with E-state index in [4.69, 9.17) is 9.15 Å². The van der Waals surface area contributed by atoms with E-state index >= 15 is 0 Å². The smallest absolute Gasteiger partial charge is 0.319 e. The van der Waals surface area contributed by atoms with Gasteiger partial charge in [-0.2, -0.15) is 0 Å². The van der Waals surface area contributed by atoms with Gasteiger partial charge in [-0.05, 0) is 42.8 Å². The van der Waals surface area contributed by atoms with Crippen LogP contribution in [0.5, 0.6) is 5.88 Å². The summed E-state index contributed by atoms with van der Waals surface area (Å²) in [6.45, 7) is 2.12. The number of rotatable bonds is 6. The third kappa shape index (κ3) is 4.56. The van der Waals surface area contributed by atoms with Crippen molar-refractivity contribution in [3.8, 4) is 17.3 Å². The molecular weight excluding hydrogens is 339 g/mol. The highest BCUT2D eigenvalue weighted by molar-refractivity contribution is 5.89. The molecule has 2 heterocycles. The summed E-state index contributed by atoms with van der Waals surface area (Å²) in [5, 5.41) is 13.1. The fourth-order valence-electron chi connectivity index (χ4n) is 2.12. The molecule has 2 amide bonds. The van der Waals surface area contributed by atoms with Gasteiger partial charge < -0.3 is 19.8 Å². The summed E-state index contributed by atoms with van der Waals surface area (Å²) in [4.78, 5) is 11.8. The quantitative estimate of drug-likeness (QED) is 0.661. The number of carbonyl (C=O) groups excluding carboxylic acids is 1. The second-order valence-corrected chi connectivity index (χ2v) is 5.43. The number of hydrogen-bond donors (Lipinski definition) is 2. The van der Waals surface area contributed by atoms with E-state index in [1.807, 2.05) is 0 Å². The van der Waals surface area contributed by atoms with Crippen molar-refractivity contribution < 1.29 is 18.3 Å². The van der Waals surface area contributed by atoms with Crippen LogP contribution >= 0.6 is 0 Å². The Kier molecular flexibility index (Phi) is 5.43. The Morgan fingerprint density at radius 2 is 2.12 bits per heavy atom. The van der Waals surface area contributed by atoms with Crippen LogP contribution in [0.4, 0.5) is 14.9 Å². The van der Waals surface area contributed by atoms with Crippen molar-refractivity contribution in [3.63, 3.8) is 0 Å². The number of benzene rings is 1. The lowest BCUT2D eigenvalue weighted by Crippen LogP contribution is -2.32. The first-order valence-corrected chi connectivity index (χ1v) is 7.93. The van der Waals surface area contributed by atoms with E-state index < -0.39 is 6.03 Å². The third-order valence-corrected chi connectivity index (χ3v) is 3.48. The molecule has 134 valence electrons. The van der Waals surface area contributed by atoms with Crippen molar-refractivity contribution in [1.29, 1.82) is 0 Å². The molecule has 0 bridgehead atoms. The van der Waals surface area contributed by atoms with Crippen LogP contribution in [0, 0.1) is 12.7 Å². The van der Waals surface area contributed by atoms with E-state index in [1.54, 1.807) is 49.6 Å². The summed E-state index contributed by atoms with van der Waals surface area (Å²) >= 11 is 0. The van der Waals surface area contributed by atoms with Crippen LogP contribution in [0.2, 0.25) is 0 Å². The predicted octanol–water partition coefficient (Wildman–Crippen LogP) is 3.38. The molecule has 1 aromatic carbocycles. The number of nitrogens with one attached hydrogen (secondary N) is 2. The van der Waals surface area contributed by atoms with Gasteiger partial charge in [0.2, 0.25) is 5.88 Å². The first kappa shape index (κ1) is 17.4. The van der Waals surface area contributed by atoms with Crippen LogP contribution in [0.25, 0.3) is 11.5 Å². The Bertz CT molecular complexity index is 867. The molecule has 8 heteroatoms. The standard InChI is InChI=1S/C18H17FN4O3/c1-12-4-5-13(11-14(12)19)21-18(24)20-8-10-26-17-7-6-15(22-23-17)16-3-2-9-25-16/h2-7,9,11H,8,10H2,1H3,(H2,20,21,24). The second-order valence-electron chi connectivity index (χ2n) is 5.43. The largest absolute Gasteiger partial charge is 0.475 e. The molecule has 0 aliphatic rings. The van der Waals surface area contributed by atoms with Crippen molar-refractivity contribution in [3.05, 3.63) is 60.1 Å². The molecule has 3 rings (SSSR count). The number of halogens is 1. The number of carbonyl (C=O) groups is 1. The number of nitrogens with zero attached hydrogens (tertiary/aromatic N) is 2. The molecule has 0 atom stereocenters. The maximum atomic E-state index is 13.4. The number of anilines is 1. The van der Waals surface area contributed by atoms with Gasteiger partial charge in [-0.15, -0.1) is 10.2 Å². The summed E-state index contributed by atoms with van der Waals surface area (Å²) in [5.41, 5.74) is 1.50. The minimum atomic E-state index is -0.448. The summed E-state index contributed by atoms with van der Waals surface area (Å²) in [6.07, 6.45) is 1.56. The predicted molar refractivity (Wildman–Crippen MR) is 93.4 cm³/mol. The van der Waals surface area contributed by atoms with Gasteiger partial charge in [-0.3, -0.25) is 0 Å². The van der Waals surface area contributed by atoms with Gasteiger partial charge in [0, 0.05) is 11.8 Å². The zero-order valence-corrected chi connectivity index (χ0v) is 14.0. The van der Waals surface area contributed by atoms with E-state index in [-0.39, 0.29) is 19.0 Å². The first-order valence-electron chi connectivity index (χ1n) is 7.93. The molecule has 0 unspecified atom stereocenters. The van der Waals surface area contributed by atoms with E-state index in [0.717, 1.165) is 0 Å². The fourth-order valence-corrected chi connectivity index (χ4v) is 2.12. The van der Waals surface area contributed by atoms with Crippen LogP contribution in [0.1, 0.15) is 5.56 Å². The Hall–Kier alpha value is -3.42. The number of aromatic nitrogens is 2. The molecule has 0 aliphatic carbocycles. The van der Waals surface area contributed by atoms with E-state index in [0.29, 0.717) is 28.6 Å². The first-order chi connectivity index (χ1) is 12.6. The summed E-state index contributed by atoms with van der Waals surface area (Å²) in [7, 11) is 0. The molecule has 2 N–H and O–H groups in total. The van der Waals surface area contributed by atoms with E-state index in [1.165, 1.54) is 6.07 Å². The van der Waals surface area contributed by atoms with Crippen LogP contribution in [0.3, 0.4) is 0 Å². The maximum absolute atomic E-state index is 13.4. The van der Waals surface area contributed by atoms with Gasteiger partial charge in [-0.1, -0.05) is 6.07 Å². The summed E-state index contributed by atoms with van der Waals surface area (Å²) < 4.78 is 24.1. The van der Waals surface area contributed by atoms with Gasteiger partial charge in [-0.25, -0.2) is 9.18 Å². The highest BCUT2D eigenvalue weighted by atomic mass is 19.1. The minimum Gasteiger partial charge on any atom is -0.475 e. The number of amides is 2. The number of furan rings is 1. The Morgan fingerprint density at radius 3 is 2.81 bits per heavy atom. The fraction of sp³-hybridized carbons (Fsp3) is 0.167. The van der Waals surface area contributed by atoms with E-state index in [9.17, 15) is 9.18 Å². The average Bonchev–Trinajstić information content (AvgIpc) is 3.17. The molecule has 0 saturated heterocycles. The lowest BCUT2D eigenvalue weighted by molar-refractivity contribution is 0.246. The molecule has 7 nitrogen and oxygen atoms in total. The average molecular weight is 356 g/mol. The molecular formula is C18H17FN4O3. The van der Waals surface area contributed by atoms with Gasteiger partial charge in [0.05, 0.1) is 12.8 Å². The molecule has 0 spiro atoms. The lowest BCUT2D eigenvalue weighted by Gasteiger charge is -2.09. The summed E-state index contributed by atoms with van der Waals surface area (Å²) in [5.74, 6) is 0.584. The second kappa shape index (κ2) is 8.11. The molecule has 0 radical (unpaired) electrons. The van der Waals surface area contributed by atoms with Crippen molar-refractivity contribution in [2.45, 2.75) is 6.92 Å². The van der Waals surface area contributed by atoms with Gasteiger partial charge in [0.15, 0.2) is 5.76 Å². The van der Waals surface area contributed by atoms with Crippen LogP contribution in [0.15, 0.2) is 53.1 Å². The minimum absolute atomic E-state index is 0.213. The van der Waals surface area contributed by atoms with Crippen molar-refractivity contribution in [2.75, 3.05) is 18.5 Å². The Balaban J connectivity index is 1.40. The molecule has 0 fully saturated rings. The zero-order chi connectivity index (χ0) is 18.4. The normalized spacial score (nSPS) is 10.4. The highest BCUT2D eigenvalue weighted by Crippen LogP contribution is 2.17. The zero-order valence-electron chi connectivity index (χ0n) is 14.0. The molecule has 3 aromatic rings. The molecule has 26 heavy (non-hydrogen) atoms. The van der Waals surface area contributed by atoms with Gasteiger partial charge in [0.1, 0.15) is 18.1 Å². The van der Waals surface area contributed by atoms with Gasteiger partial charge >= 0.3 is 6.03 Å².